The first kappa shape index (κ1) is 14.1. The molecule has 4 nitrogen and oxygen atoms in total. The molecule has 3 rings (SSSR count). The molecule has 20 heavy (non-hydrogen) atoms. The van der Waals surface area contributed by atoms with Crippen LogP contribution >= 0.6 is 23.1 Å². The minimum atomic E-state index is 0.663. The van der Waals surface area contributed by atoms with Gasteiger partial charge < -0.3 is 5.73 Å². The molecule has 0 amide bonds. The van der Waals surface area contributed by atoms with Gasteiger partial charge in [-0.05, 0) is 24.9 Å². The number of likely N-dealkylation sites (N-methyl/N-ethyl adjacent to an activating group) is 1. The zero-order valence-corrected chi connectivity index (χ0v) is 13.6. The zero-order valence-electron chi connectivity index (χ0n) is 12.0. The number of anilines is 1. The van der Waals surface area contributed by atoms with Crippen LogP contribution in [0.4, 0.5) is 5.82 Å². The first-order valence-corrected chi connectivity index (χ1v) is 8.96. The van der Waals surface area contributed by atoms with Gasteiger partial charge in [0, 0.05) is 23.7 Å². The summed E-state index contributed by atoms with van der Waals surface area (Å²) < 4.78 is 0. The van der Waals surface area contributed by atoms with Crippen molar-refractivity contribution < 1.29 is 0 Å². The number of nitrogen functional groups attached to an aromatic ring is 1. The third-order valence-corrected chi connectivity index (χ3v) is 5.83. The van der Waals surface area contributed by atoms with Crippen LogP contribution in [-0.4, -0.2) is 33.7 Å². The average Bonchev–Trinajstić information content (AvgIpc) is 2.82. The summed E-state index contributed by atoms with van der Waals surface area (Å²) in [6.07, 6.45) is 2.19. The monoisotopic (exact) mass is 308 g/mol. The Morgan fingerprint density at radius 3 is 2.95 bits per heavy atom. The number of rotatable bonds is 4. The molecule has 108 valence electrons. The van der Waals surface area contributed by atoms with E-state index in [4.69, 9.17) is 10.7 Å². The lowest BCUT2D eigenvalue weighted by atomic mass is 10.1. The summed E-state index contributed by atoms with van der Waals surface area (Å²) in [5, 5.41) is 1.93. The first-order valence-electron chi connectivity index (χ1n) is 7.15. The summed E-state index contributed by atoms with van der Waals surface area (Å²) in [5.74, 6) is 1.70. The maximum atomic E-state index is 6.19. The van der Waals surface area contributed by atoms with E-state index in [2.05, 4.69) is 23.7 Å². The Labute approximate surface area is 127 Å². The Balaban J connectivity index is 2.01. The Bertz CT molecular complexity index is 623. The van der Waals surface area contributed by atoms with Gasteiger partial charge in [0.25, 0.3) is 0 Å². The SMILES string of the molecule is CCCSc1nc(N)c2c3c(sc2n1)CN(CC)CC3. The smallest absolute Gasteiger partial charge is 0.190 e. The lowest BCUT2D eigenvalue weighted by Gasteiger charge is -2.25. The van der Waals surface area contributed by atoms with Gasteiger partial charge in [0.2, 0.25) is 0 Å². The van der Waals surface area contributed by atoms with Crippen LogP contribution in [0.15, 0.2) is 5.16 Å². The molecule has 1 aliphatic heterocycles. The Kier molecular flexibility index (Phi) is 4.14. The van der Waals surface area contributed by atoms with Gasteiger partial charge in [0.1, 0.15) is 10.6 Å². The number of nitrogens with zero attached hydrogens (tertiary/aromatic N) is 3. The summed E-state index contributed by atoms with van der Waals surface area (Å²) in [7, 11) is 0. The quantitative estimate of drug-likeness (QED) is 0.694. The van der Waals surface area contributed by atoms with Crippen molar-refractivity contribution in [2.75, 3.05) is 24.6 Å². The molecule has 0 fully saturated rings. The number of thioether (sulfide) groups is 1. The van der Waals surface area contributed by atoms with Crippen molar-refractivity contribution in [2.45, 2.75) is 38.4 Å². The molecule has 2 aromatic heterocycles. The fourth-order valence-corrected chi connectivity index (χ4v) is 4.62. The molecule has 1 aliphatic rings. The van der Waals surface area contributed by atoms with Gasteiger partial charge in [0.15, 0.2) is 5.16 Å². The summed E-state index contributed by atoms with van der Waals surface area (Å²) in [6, 6.07) is 0. The van der Waals surface area contributed by atoms with Crippen molar-refractivity contribution in [3.63, 3.8) is 0 Å². The van der Waals surface area contributed by atoms with Gasteiger partial charge in [-0.3, -0.25) is 4.90 Å². The Hall–Kier alpha value is -0.850. The van der Waals surface area contributed by atoms with Crippen LogP contribution in [0.1, 0.15) is 30.7 Å². The number of nitrogens with two attached hydrogens (primary N) is 1. The highest BCUT2D eigenvalue weighted by Gasteiger charge is 2.23. The molecule has 0 unspecified atom stereocenters. The first-order chi connectivity index (χ1) is 9.72. The second-order valence-corrected chi connectivity index (χ2v) is 7.19. The molecule has 0 atom stereocenters. The molecular formula is C14H20N4S2. The van der Waals surface area contributed by atoms with Crippen molar-refractivity contribution in [1.29, 1.82) is 0 Å². The molecule has 6 heteroatoms. The predicted octanol–water partition coefficient (Wildman–Crippen LogP) is 3.15. The highest BCUT2D eigenvalue weighted by atomic mass is 32.2. The summed E-state index contributed by atoms with van der Waals surface area (Å²) in [5.41, 5.74) is 7.58. The standard InChI is InChI=1S/C14H20N4S2/c1-3-7-19-14-16-12(15)11-9-5-6-18(4-2)8-10(9)20-13(11)17-14/h3-8H2,1-2H3,(H2,15,16,17). The molecule has 2 N–H and O–H groups in total. The summed E-state index contributed by atoms with van der Waals surface area (Å²) in [4.78, 5) is 14.1. The van der Waals surface area contributed by atoms with Crippen LogP contribution in [0.3, 0.4) is 0 Å². The van der Waals surface area contributed by atoms with E-state index >= 15 is 0 Å². The molecule has 0 saturated heterocycles. The van der Waals surface area contributed by atoms with Gasteiger partial charge in [-0.15, -0.1) is 11.3 Å². The predicted molar refractivity (Wildman–Crippen MR) is 87.5 cm³/mol. The highest BCUT2D eigenvalue weighted by Crippen LogP contribution is 2.37. The number of aromatic nitrogens is 2. The molecule has 0 saturated carbocycles. The zero-order chi connectivity index (χ0) is 14.1. The van der Waals surface area contributed by atoms with Crippen LogP contribution < -0.4 is 5.73 Å². The largest absolute Gasteiger partial charge is 0.383 e. The third-order valence-electron chi connectivity index (χ3n) is 3.67. The lowest BCUT2D eigenvalue weighted by molar-refractivity contribution is 0.272. The van der Waals surface area contributed by atoms with Crippen LogP contribution in [0, 0.1) is 0 Å². The van der Waals surface area contributed by atoms with Crippen molar-refractivity contribution in [3.05, 3.63) is 10.4 Å². The van der Waals surface area contributed by atoms with Crippen LogP contribution in [0.5, 0.6) is 0 Å². The van der Waals surface area contributed by atoms with Gasteiger partial charge >= 0.3 is 0 Å². The molecule has 0 spiro atoms. The van der Waals surface area contributed by atoms with Gasteiger partial charge in [-0.2, -0.15) is 0 Å². The normalized spacial score (nSPS) is 15.7. The molecule has 0 aromatic carbocycles. The van der Waals surface area contributed by atoms with Crippen LogP contribution in [0.25, 0.3) is 10.2 Å². The number of hydrogen-bond donors (Lipinski definition) is 1. The van der Waals surface area contributed by atoms with Crippen molar-refractivity contribution in [1.82, 2.24) is 14.9 Å². The van der Waals surface area contributed by atoms with Crippen molar-refractivity contribution in [2.24, 2.45) is 0 Å². The fraction of sp³-hybridized carbons (Fsp3) is 0.571. The van der Waals surface area contributed by atoms with E-state index in [-0.39, 0.29) is 0 Å². The maximum Gasteiger partial charge on any atom is 0.190 e. The Morgan fingerprint density at radius 1 is 1.35 bits per heavy atom. The van der Waals surface area contributed by atoms with Crippen LogP contribution in [-0.2, 0) is 13.0 Å². The lowest BCUT2D eigenvalue weighted by Crippen LogP contribution is -2.29. The van der Waals surface area contributed by atoms with E-state index in [9.17, 15) is 0 Å². The van der Waals surface area contributed by atoms with Gasteiger partial charge in [-0.25, -0.2) is 9.97 Å². The molecular weight excluding hydrogens is 288 g/mol. The fourth-order valence-electron chi connectivity index (χ4n) is 2.58. The molecule has 0 radical (unpaired) electrons. The molecule has 0 bridgehead atoms. The number of hydrogen-bond acceptors (Lipinski definition) is 6. The molecule has 3 heterocycles. The summed E-state index contributed by atoms with van der Waals surface area (Å²) >= 11 is 3.49. The maximum absolute atomic E-state index is 6.19. The molecule has 2 aromatic rings. The summed E-state index contributed by atoms with van der Waals surface area (Å²) in [6.45, 7) is 7.63. The number of thiophene rings is 1. The van der Waals surface area contributed by atoms with E-state index in [1.165, 1.54) is 10.4 Å². The minimum absolute atomic E-state index is 0.663. The minimum Gasteiger partial charge on any atom is -0.383 e. The third kappa shape index (κ3) is 2.52. The van der Waals surface area contributed by atoms with Gasteiger partial charge in [0.05, 0.1) is 5.39 Å². The van der Waals surface area contributed by atoms with E-state index in [0.29, 0.717) is 5.82 Å². The topological polar surface area (TPSA) is 55.0 Å². The van der Waals surface area contributed by atoms with E-state index in [1.807, 2.05) is 0 Å². The second-order valence-electron chi connectivity index (χ2n) is 5.04. The van der Waals surface area contributed by atoms with Crippen LogP contribution in [0.2, 0.25) is 0 Å². The van der Waals surface area contributed by atoms with Crippen molar-refractivity contribution >= 4 is 39.1 Å². The second kappa shape index (κ2) is 5.87. The highest BCUT2D eigenvalue weighted by molar-refractivity contribution is 7.99. The van der Waals surface area contributed by atoms with E-state index in [1.54, 1.807) is 23.1 Å². The van der Waals surface area contributed by atoms with E-state index < -0.39 is 0 Å². The average molecular weight is 308 g/mol. The van der Waals surface area contributed by atoms with Gasteiger partial charge in [-0.1, -0.05) is 25.6 Å². The Morgan fingerprint density at radius 2 is 2.20 bits per heavy atom. The molecule has 0 aliphatic carbocycles. The van der Waals surface area contributed by atoms with Crippen molar-refractivity contribution in [3.8, 4) is 0 Å². The number of fused-ring (bicyclic) bond motifs is 3. The van der Waals surface area contributed by atoms with E-state index in [0.717, 1.165) is 53.6 Å².